The van der Waals surface area contributed by atoms with E-state index in [1.807, 2.05) is 24.3 Å². The molecule has 6 nitrogen and oxygen atoms in total. The second-order valence-corrected chi connectivity index (χ2v) is 4.81. The predicted octanol–water partition coefficient (Wildman–Crippen LogP) is 1.86. The van der Waals surface area contributed by atoms with E-state index < -0.39 is 0 Å². The number of hydrogen-bond acceptors (Lipinski definition) is 6. The molecule has 1 fully saturated rings. The summed E-state index contributed by atoms with van der Waals surface area (Å²) in [6.07, 6.45) is 3.50. The van der Waals surface area contributed by atoms with E-state index in [0.29, 0.717) is 18.4 Å². The summed E-state index contributed by atoms with van der Waals surface area (Å²) in [6, 6.07) is 7.70. The van der Waals surface area contributed by atoms with Gasteiger partial charge in [0.05, 0.1) is 17.0 Å². The highest BCUT2D eigenvalue weighted by atomic mass is 16.5. The fourth-order valence-corrected chi connectivity index (χ4v) is 2.33. The molecule has 0 saturated carbocycles. The van der Waals surface area contributed by atoms with Crippen molar-refractivity contribution in [3.8, 4) is 5.88 Å². The summed E-state index contributed by atoms with van der Waals surface area (Å²) in [7, 11) is 0. The van der Waals surface area contributed by atoms with Crippen molar-refractivity contribution in [1.82, 2.24) is 9.97 Å². The molecule has 0 spiro atoms. The van der Waals surface area contributed by atoms with Gasteiger partial charge in [-0.15, -0.1) is 0 Å². The zero-order chi connectivity index (χ0) is 13.8. The maximum Gasteiger partial charge on any atom is 0.241 e. The van der Waals surface area contributed by atoms with Crippen molar-refractivity contribution in [2.24, 2.45) is 5.84 Å². The van der Waals surface area contributed by atoms with Crippen molar-refractivity contribution in [2.75, 3.05) is 18.6 Å². The van der Waals surface area contributed by atoms with E-state index in [1.54, 1.807) is 0 Å². The molecule has 106 valence electrons. The minimum atomic E-state index is 0.145. The van der Waals surface area contributed by atoms with Gasteiger partial charge in [0.2, 0.25) is 11.8 Å². The highest BCUT2D eigenvalue weighted by Crippen LogP contribution is 2.24. The van der Waals surface area contributed by atoms with Crippen molar-refractivity contribution in [3.63, 3.8) is 0 Å². The smallest absolute Gasteiger partial charge is 0.241 e. The molecule has 1 aliphatic rings. The zero-order valence-electron chi connectivity index (χ0n) is 11.2. The Morgan fingerprint density at radius 1 is 1.30 bits per heavy atom. The van der Waals surface area contributed by atoms with Crippen molar-refractivity contribution in [1.29, 1.82) is 0 Å². The molecule has 0 amide bonds. The molecule has 1 unspecified atom stereocenters. The van der Waals surface area contributed by atoms with Crippen LogP contribution in [0.15, 0.2) is 24.3 Å². The fourth-order valence-electron chi connectivity index (χ4n) is 2.33. The van der Waals surface area contributed by atoms with Gasteiger partial charge in [-0.25, -0.2) is 10.8 Å². The Hall–Kier alpha value is -1.92. The molecular weight excluding hydrogens is 256 g/mol. The first-order chi connectivity index (χ1) is 9.86. The molecular formula is C14H18N4O2. The third-order valence-corrected chi connectivity index (χ3v) is 3.38. The van der Waals surface area contributed by atoms with E-state index in [9.17, 15) is 0 Å². The van der Waals surface area contributed by atoms with Crippen LogP contribution in [0.3, 0.4) is 0 Å². The van der Waals surface area contributed by atoms with Crippen LogP contribution in [0.4, 0.5) is 5.95 Å². The van der Waals surface area contributed by atoms with Crippen LogP contribution in [0.25, 0.3) is 10.9 Å². The molecule has 2 heterocycles. The lowest BCUT2D eigenvalue weighted by Crippen LogP contribution is -2.26. The van der Waals surface area contributed by atoms with Crippen LogP contribution < -0.4 is 16.0 Å². The maximum absolute atomic E-state index is 5.83. The van der Waals surface area contributed by atoms with Crippen LogP contribution in [-0.2, 0) is 4.74 Å². The molecule has 1 aliphatic heterocycles. The number of benzene rings is 1. The summed E-state index contributed by atoms with van der Waals surface area (Å²) >= 11 is 0. The number of ether oxygens (including phenoxy) is 2. The third kappa shape index (κ3) is 2.81. The second-order valence-electron chi connectivity index (χ2n) is 4.81. The molecule has 1 aromatic carbocycles. The molecule has 1 saturated heterocycles. The van der Waals surface area contributed by atoms with Gasteiger partial charge in [0.15, 0.2) is 0 Å². The van der Waals surface area contributed by atoms with Gasteiger partial charge in [-0.2, -0.15) is 4.98 Å². The first kappa shape index (κ1) is 13.1. The predicted molar refractivity (Wildman–Crippen MR) is 76.4 cm³/mol. The molecule has 1 aromatic heterocycles. The Balaban J connectivity index is 1.81. The lowest BCUT2D eigenvalue weighted by Gasteiger charge is -2.22. The molecule has 0 aliphatic carbocycles. The van der Waals surface area contributed by atoms with E-state index >= 15 is 0 Å². The van der Waals surface area contributed by atoms with Crippen LogP contribution in [0.1, 0.15) is 19.3 Å². The number of anilines is 1. The number of aromatic nitrogens is 2. The molecule has 0 bridgehead atoms. The molecule has 3 rings (SSSR count). The van der Waals surface area contributed by atoms with Gasteiger partial charge >= 0.3 is 0 Å². The number of hydrogen-bond donors (Lipinski definition) is 2. The first-order valence-corrected chi connectivity index (χ1v) is 6.84. The van der Waals surface area contributed by atoms with Gasteiger partial charge < -0.3 is 9.47 Å². The van der Waals surface area contributed by atoms with Gasteiger partial charge in [0, 0.05) is 6.61 Å². The van der Waals surface area contributed by atoms with Crippen LogP contribution in [0.5, 0.6) is 5.88 Å². The van der Waals surface area contributed by atoms with Crippen molar-refractivity contribution in [3.05, 3.63) is 24.3 Å². The van der Waals surface area contributed by atoms with E-state index in [0.717, 1.165) is 30.4 Å². The average molecular weight is 274 g/mol. The number of fused-ring (bicyclic) bond motifs is 1. The normalized spacial score (nSPS) is 18.9. The molecule has 0 radical (unpaired) electrons. The van der Waals surface area contributed by atoms with E-state index in [-0.39, 0.29) is 6.10 Å². The van der Waals surface area contributed by atoms with Gasteiger partial charge in [0.1, 0.15) is 6.61 Å². The summed E-state index contributed by atoms with van der Waals surface area (Å²) < 4.78 is 11.5. The topological polar surface area (TPSA) is 82.3 Å². The Morgan fingerprint density at radius 3 is 3.00 bits per heavy atom. The summed E-state index contributed by atoms with van der Waals surface area (Å²) in [5.74, 6) is 6.28. The largest absolute Gasteiger partial charge is 0.474 e. The maximum atomic E-state index is 5.83. The highest BCUT2D eigenvalue weighted by molar-refractivity contribution is 5.84. The third-order valence-electron chi connectivity index (χ3n) is 3.38. The van der Waals surface area contributed by atoms with Gasteiger partial charge in [-0.05, 0) is 31.4 Å². The molecule has 20 heavy (non-hydrogen) atoms. The summed E-state index contributed by atoms with van der Waals surface area (Å²) in [4.78, 5) is 8.57. The minimum absolute atomic E-state index is 0.145. The molecule has 6 heteroatoms. The number of para-hydroxylation sites is 1. The Morgan fingerprint density at radius 2 is 2.20 bits per heavy atom. The molecule has 2 aromatic rings. The quantitative estimate of drug-likeness (QED) is 0.654. The summed E-state index contributed by atoms with van der Waals surface area (Å²) in [5.41, 5.74) is 3.26. The first-order valence-electron chi connectivity index (χ1n) is 6.84. The molecule has 3 N–H and O–H groups in total. The van der Waals surface area contributed by atoms with E-state index in [1.165, 1.54) is 6.42 Å². The minimum Gasteiger partial charge on any atom is -0.474 e. The van der Waals surface area contributed by atoms with Crippen molar-refractivity contribution < 1.29 is 9.47 Å². The zero-order valence-corrected chi connectivity index (χ0v) is 11.2. The number of nitrogens with two attached hydrogens (primary N) is 1. The summed E-state index contributed by atoms with van der Waals surface area (Å²) in [6.45, 7) is 1.32. The summed E-state index contributed by atoms with van der Waals surface area (Å²) in [5, 5.41) is 0.877. The van der Waals surface area contributed by atoms with Gasteiger partial charge in [-0.1, -0.05) is 12.1 Å². The lowest BCUT2D eigenvalue weighted by molar-refractivity contribution is -0.0116. The number of nitrogens with one attached hydrogen (secondary N) is 1. The average Bonchev–Trinajstić information content (AvgIpc) is 2.53. The van der Waals surface area contributed by atoms with Crippen LogP contribution >= 0.6 is 0 Å². The number of rotatable bonds is 4. The monoisotopic (exact) mass is 274 g/mol. The standard InChI is InChI=1S/C14H18N4O2/c15-18-14-16-12-7-2-1-6-11(12)13(17-14)20-9-10-5-3-4-8-19-10/h1-2,6-7,10H,3-5,8-9,15H2,(H,16,17,18). The van der Waals surface area contributed by atoms with Gasteiger partial charge in [0.25, 0.3) is 0 Å². The fraction of sp³-hybridized carbons (Fsp3) is 0.429. The number of nitrogen functional groups attached to an aromatic ring is 1. The van der Waals surface area contributed by atoms with E-state index in [2.05, 4.69) is 15.4 Å². The lowest BCUT2D eigenvalue weighted by atomic mass is 10.1. The van der Waals surface area contributed by atoms with E-state index in [4.69, 9.17) is 15.3 Å². The number of hydrazine groups is 1. The Kier molecular flexibility index (Phi) is 3.94. The molecule has 1 atom stereocenters. The van der Waals surface area contributed by atoms with Gasteiger partial charge in [-0.3, -0.25) is 5.43 Å². The van der Waals surface area contributed by atoms with Crippen LogP contribution in [0.2, 0.25) is 0 Å². The highest BCUT2D eigenvalue weighted by Gasteiger charge is 2.16. The van der Waals surface area contributed by atoms with Crippen LogP contribution in [0, 0.1) is 0 Å². The SMILES string of the molecule is NNc1nc(OCC2CCCCO2)c2ccccc2n1. The van der Waals surface area contributed by atoms with Crippen molar-refractivity contribution >= 4 is 16.9 Å². The van der Waals surface area contributed by atoms with Crippen LogP contribution in [-0.4, -0.2) is 29.3 Å². The van der Waals surface area contributed by atoms with Crippen molar-refractivity contribution in [2.45, 2.75) is 25.4 Å². The Bertz CT molecular complexity index is 584. The number of nitrogens with zero attached hydrogens (tertiary/aromatic N) is 2. The Labute approximate surface area is 117 Å². The second kappa shape index (κ2) is 6.02.